The second-order valence-corrected chi connectivity index (χ2v) is 6.38. The molecule has 0 saturated heterocycles. The Hall–Kier alpha value is -1.51. The zero-order valence-electron chi connectivity index (χ0n) is 12.2. The highest BCUT2D eigenvalue weighted by Gasteiger charge is 2.31. The first-order valence-electron chi connectivity index (χ1n) is 7.28. The quantitative estimate of drug-likeness (QED) is 0.936. The molecule has 0 spiro atoms. The summed E-state index contributed by atoms with van der Waals surface area (Å²) in [4.78, 5) is 0. The second kappa shape index (κ2) is 5.70. The van der Waals surface area contributed by atoms with Crippen LogP contribution in [0, 0.1) is 0 Å². The number of methoxy groups -OCH3 is 1. The van der Waals surface area contributed by atoms with Crippen molar-refractivity contribution in [2.45, 2.75) is 31.2 Å². The van der Waals surface area contributed by atoms with Crippen LogP contribution in [0.15, 0.2) is 42.5 Å². The minimum atomic E-state index is -0.230. The van der Waals surface area contributed by atoms with Crippen molar-refractivity contribution in [2.75, 3.05) is 7.11 Å². The van der Waals surface area contributed by atoms with Crippen LogP contribution >= 0.6 is 11.6 Å². The molecule has 2 aromatic carbocycles. The Balaban J connectivity index is 1.87. The van der Waals surface area contributed by atoms with Gasteiger partial charge in [0.15, 0.2) is 0 Å². The summed E-state index contributed by atoms with van der Waals surface area (Å²) in [6, 6.07) is 14.3. The van der Waals surface area contributed by atoms with E-state index in [1.807, 2.05) is 18.2 Å². The highest BCUT2D eigenvalue weighted by Crippen LogP contribution is 2.33. The van der Waals surface area contributed by atoms with Gasteiger partial charge in [-0.2, -0.15) is 0 Å². The van der Waals surface area contributed by atoms with Crippen molar-refractivity contribution in [1.82, 2.24) is 0 Å². The van der Waals surface area contributed by atoms with Crippen molar-refractivity contribution in [3.63, 3.8) is 0 Å². The first-order valence-corrected chi connectivity index (χ1v) is 7.65. The molecule has 0 aliphatic heterocycles. The van der Waals surface area contributed by atoms with E-state index in [1.54, 1.807) is 7.11 Å². The Morgan fingerprint density at radius 1 is 1.19 bits per heavy atom. The summed E-state index contributed by atoms with van der Waals surface area (Å²) in [6.07, 6.45) is 3.71. The summed E-state index contributed by atoms with van der Waals surface area (Å²) in [5.74, 6) is 0.864. The van der Waals surface area contributed by atoms with Gasteiger partial charge in [0, 0.05) is 10.6 Å². The normalized spacial score (nSPS) is 20.9. The summed E-state index contributed by atoms with van der Waals surface area (Å²) < 4.78 is 5.44. The van der Waals surface area contributed by atoms with Crippen molar-refractivity contribution in [2.24, 2.45) is 5.73 Å². The topological polar surface area (TPSA) is 35.2 Å². The lowest BCUT2D eigenvalue weighted by Gasteiger charge is -2.35. The Labute approximate surface area is 130 Å². The van der Waals surface area contributed by atoms with Crippen molar-refractivity contribution >= 4 is 11.6 Å². The van der Waals surface area contributed by atoms with Crippen LogP contribution in [-0.2, 0) is 19.3 Å². The second-order valence-electron chi connectivity index (χ2n) is 5.94. The third-order valence-electron chi connectivity index (χ3n) is 4.34. The molecular weight excluding hydrogens is 282 g/mol. The van der Waals surface area contributed by atoms with Crippen LogP contribution in [0.25, 0.3) is 0 Å². The van der Waals surface area contributed by atoms with E-state index in [4.69, 9.17) is 22.1 Å². The number of ether oxygens (including phenoxy) is 1. The minimum Gasteiger partial charge on any atom is -0.496 e. The summed E-state index contributed by atoms with van der Waals surface area (Å²) in [5, 5.41) is 0.727. The summed E-state index contributed by atoms with van der Waals surface area (Å²) in [5.41, 5.74) is 10.3. The lowest BCUT2D eigenvalue weighted by atomic mass is 9.75. The number of fused-ring (bicyclic) bond motifs is 1. The fourth-order valence-corrected chi connectivity index (χ4v) is 3.44. The fraction of sp³-hybridized carbons (Fsp3) is 0.333. The molecule has 3 heteroatoms. The SMILES string of the molecule is COc1ccc(Cl)cc1CC1(N)CCc2ccccc2C1. The number of hydrogen-bond donors (Lipinski definition) is 1. The number of aryl methyl sites for hydroxylation is 1. The average Bonchev–Trinajstić information content (AvgIpc) is 2.47. The number of hydrogen-bond acceptors (Lipinski definition) is 2. The van der Waals surface area contributed by atoms with E-state index in [9.17, 15) is 0 Å². The summed E-state index contributed by atoms with van der Waals surface area (Å²) in [7, 11) is 1.69. The molecule has 1 atom stereocenters. The average molecular weight is 302 g/mol. The van der Waals surface area contributed by atoms with Gasteiger partial charge in [0.1, 0.15) is 5.75 Å². The predicted octanol–water partition coefficient (Wildman–Crippen LogP) is 3.78. The van der Waals surface area contributed by atoms with Crippen molar-refractivity contribution < 1.29 is 4.74 Å². The molecule has 1 unspecified atom stereocenters. The fourth-order valence-electron chi connectivity index (χ4n) is 3.24. The third-order valence-corrected chi connectivity index (χ3v) is 4.57. The van der Waals surface area contributed by atoms with Crippen molar-refractivity contribution in [1.29, 1.82) is 0 Å². The van der Waals surface area contributed by atoms with Gasteiger partial charge in [-0.3, -0.25) is 0 Å². The van der Waals surface area contributed by atoms with Crippen LogP contribution in [0.3, 0.4) is 0 Å². The zero-order valence-corrected chi connectivity index (χ0v) is 13.0. The van der Waals surface area contributed by atoms with Gasteiger partial charge >= 0.3 is 0 Å². The molecule has 0 radical (unpaired) electrons. The number of benzene rings is 2. The van der Waals surface area contributed by atoms with E-state index in [-0.39, 0.29) is 5.54 Å². The molecule has 0 saturated carbocycles. The summed E-state index contributed by atoms with van der Waals surface area (Å²) >= 11 is 6.12. The van der Waals surface area contributed by atoms with Crippen molar-refractivity contribution in [3.8, 4) is 5.75 Å². The molecule has 3 rings (SSSR count). The van der Waals surface area contributed by atoms with E-state index in [0.717, 1.165) is 42.0 Å². The van der Waals surface area contributed by atoms with Crippen molar-refractivity contribution in [3.05, 3.63) is 64.2 Å². The molecule has 0 amide bonds. The maximum Gasteiger partial charge on any atom is 0.122 e. The van der Waals surface area contributed by atoms with E-state index < -0.39 is 0 Å². The van der Waals surface area contributed by atoms with Gasteiger partial charge in [-0.25, -0.2) is 0 Å². The molecule has 110 valence electrons. The molecule has 2 nitrogen and oxygen atoms in total. The maximum atomic E-state index is 6.68. The van der Waals surface area contributed by atoms with Gasteiger partial charge in [0.05, 0.1) is 7.11 Å². The lowest BCUT2D eigenvalue weighted by molar-refractivity contribution is 0.356. The summed E-state index contributed by atoms with van der Waals surface area (Å²) in [6.45, 7) is 0. The Kier molecular flexibility index (Phi) is 3.92. The van der Waals surface area contributed by atoms with Crippen LogP contribution in [0.1, 0.15) is 23.1 Å². The number of nitrogens with two attached hydrogens (primary N) is 1. The number of rotatable bonds is 3. The smallest absolute Gasteiger partial charge is 0.122 e. The Morgan fingerprint density at radius 2 is 1.95 bits per heavy atom. The van der Waals surface area contributed by atoms with E-state index in [2.05, 4.69) is 24.3 Å². The van der Waals surface area contributed by atoms with Crippen LogP contribution in [0.4, 0.5) is 0 Å². The van der Waals surface area contributed by atoms with Crippen LogP contribution in [-0.4, -0.2) is 12.6 Å². The molecule has 2 N–H and O–H groups in total. The molecule has 2 aromatic rings. The monoisotopic (exact) mass is 301 g/mol. The predicted molar refractivity (Wildman–Crippen MR) is 87.1 cm³/mol. The molecular formula is C18H20ClNO. The molecule has 0 aromatic heterocycles. The van der Waals surface area contributed by atoms with Crippen LogP contribution in [0.2, 0.25) is 5.02 Å². The molecule has 1 aliphatic rings. The maximum absolute atomic E-state index is 6.68. The van der Waals surface area contributed by atoms with E-state index >= 15 is 0 Å². The lowest BCUT2D eigenvalue weighted by Crippen LogP contribution is -2.47. The molecule has 0 bridgehead atoms. The largest absolute Gasteiger partial charge is 0.496 e. The van der Waals surface area contributed by atoms with E-state index in [1.165, 1.54) is 11.1 Å². The van der Waals surface area contributed by atoms with Gasteiger partial charge in [-0.1, -0.05) is 35.9 Å². The number of halogens is 1. The Morgan fingerprint density at radius 3 is 2.71 bits per heavy atom. The minimum absolute atomic E-state index is 0.230. The molecule has 0 heterocycles. The van der Waals surface area contributed by atoms with E-state index in [0.29, 0.717) is 0 Å². The third kappa shape index (κ3) is 3.07. The van der Waals surface area contributed by atoms with Gasteiger partial charge < -0.3 is 10.5 Å². The molecule has 21 heavy (non-hydrogen) atoms. The zero-order chi connectivity index (χ0) is 14.9. The van der Waals surface area contributed by atoms with Crippen LogP contribution < -0.4 is 10.5 Å². The first-order chi connectivity index (χ1) is 10.1. The standard InChI is InChI=1S/C18H20ClNO/c1-21-17-7-6-16(19)10-15(17)12-18(20)9-8-13-4-2-3-5-14(13)11-18/h2-7,10H,8-9,11-12,20H2,1H3. The van der Waals surface area contributed by atoms with Gasteiger partial charge in [0.25, 0.3) is 0 Å². The Bertz CT molecular complexity index is 655. The van der Waals surface area contributed by atoms with Crippen LogP contribution in [0.5, 0.6) is 5.75 Å². The first kappa shape index (κ1) is 14.4. The van der Waals surface area contributed by atoms with Gasteiger partial charge in [-0.15, -0.1) is 0 Å². The molecule has 0 fully saturated rings. The highest BCUT2D eigenvalue weighted by molar-refractivity contribution is 6.30. The van der Waals surface area contributed by atoms with Gasteiger partial charge in [0.2, 0.25) is 0 Å². The highest BCUT2D eigenvalue weighted by atomic mass is 35.5. The molecule has 1 aliphatic carbocycles. The van der Waals surface area contributed by atoms with Gasteiger partial charge in [-0.05, 0) is 60.6 Å².